The molecule has 3 heteroatoms. The Morgan fingerprint density at radius 2 is 2.42 bits per heavy atom. The van der Waals surface area contributed by atoms with Crippen molar-refractivity contribution in [2.75, 3.05) is 13.7 Å². The second-order valence-electron chi connectivity index (χ2n) is 3.54. The molecule has 12 heavy (non-hydrogen) atoms. The number of ether oxygens (including phenoxy) is 2. The summed E-state index contributed by atoms with van der Waals surface area (Å²) >= 11 is 0. The number of methoxy groups -OCH3 is 1. The van der Waals surface area contributed by atoms with Gasteiger partial charge in [-0.3, -0.25) is 4.79 Å². The highest BCUT2D eigenvalue weighted by atomic mass is 16.5. The maximum absolute atomic E-state index is 11.4. The molecular weight excluding hydrogens is 156 g/mol. The van der Waals surface area contributed by atoms with Crippen molar-refractivity contribution in [3.8, 4) is 0 Å². The van der Waals surface area contributed by atoms with E-state index in [0.29, 0.717) is 12.3 Å². The van der Waals surface area contributed by atoms with E-state index in [4.69, 9.17) is 9.47 Å². The van der Waals surface area contributed by atoms with E-state index in [0.717, 1.165) is 19.4 Å². The summed E-state index contributed by atoms with van der Waals surface area (Å²) in [4.78, 5) is 11.4. The van der Waals surface area contributed by atoms with Gasteiger partial charge in [-0.15, -0.1) is 0 Å². The molecule has 2 rings (SSSR count). The SMILES string of the molecule is CO[C@@H]1C(=O)C[C@@H]2OCCC[C@@H]21. The van der Waals surface area contributed by atoms with Crippen molar-refractivity contribution < 1.29 is 14.3 Å². The summed E-state index contributed by atoms with van der Waals surface area (Å²) in [7, 11) is 1.61. The van der Waals surface area contributed by atoms with Gasteiger partial charge in [-0.1, -0.05) is 0 Å². The van der Waals surface area contributed by atoms with E-state index in [9.17, 15) is 4.79 Å². The lowest BCUT2D eigenvalue weighted by molar-refractivity contribution is -0.127. The molecule has 1 saturated carbocycles. The Morgan fingerprint density at radius 1 is 1.58 bits per heavy atom. The van der Waals surface area contributed by atoms with E-state index in [1.807, 2.05) is 0 Å². The second kappa shape index (κ2) is 3.15. The summed E-state index contributed by atoms with van der Waals surface area (Å²) in [5.74, 6) is 0.547. The van der Waals surface area contributed by atoms with Gasteiger partial charge >= 0.3 is 0 Å². The fraction of sp³-hybridized carbons (Fsp3) is 0.889. The molecule has 0 radical (unpaired) electrons. The number of hydrogen-bond donors (Lipinski definition) is 0. The molecule has 0 spiro atoms. The summed E-state index contributed by atoms with van der Waals surface area (Å²) in [5.41, 5.74) is 0. The summed E-state index contributed by atoms with van der Waals surface area (Å²) in [6, 6.07) is 0. The quantitative estimate of drug-likeness (QED) is 0.583. The zero-order valence-corrected chi connectivity index (χ0v) is 7.29. The van der Waals surface area contributed by atoms with E-state index in [-0.39, 0.29) is 18.0 Å². The first kappa shape index (κ1) is 8.20. The van der Waals surface area contributed by atoms with Crippen LogP contribution in [0.5, 0.6) is 0 Å². The van der Waals surface area contributed by atoms with Gasteiger partial charge in [0, 0.05) is 26.1 Å². The van der Waals surface area contributed by atoms with E-state index in [1.165, 1.54) is 0 Å². The Morgan fingerprint density at radius 3 is 3.17 bits per heavy atom. The minimum absolute atomic E-state index is 0.149. The summed E-state index contributed by atoms with van der Waals surface area (Å²) in [5, 5.41) is 0. The lowest BCUT2D eigenvalue weighted by atomic mass is 9.95. The first-order chi connectivity index (χ1) is 5.83. The van der Waals surface area contributed by atoms with Gasteiger partial charge in [0.25, 0.3) is 0 Å². The smallest absolute Gasteiger partial charge is 0.164 e. The summed E-state index contributed by atoms with van der Waals surface area (Å²) in [6.45, 7) is 0.810. The minimum atomic E-state index is -0.185. The van der Waals surface area contributed by atoms with Crippen molar-refractivity contribution >= 4 is 5.78 Å². The highest BCUT2D eigenvalue weighted by Gasteiger charge is 2.44. The lowest BCUT2D eigenvalue weighted by Crippen LogP contribution is -2.32. The molecule has 1 aliphatic heterocycles. The monoisotopic (exact) mass is 170 g/mol. The zero-order valence-electron chi connectivity index (χ0n) is 7.29. The molecule has 1 saturated heterocycles. The van der Waals surface area contributed by atoms with Crippen LogP contribution < -0.4 is 0 Å². The molecule has 0 N–H and O–H groups in total. The third kappa shape index (κ3) is 1.17. The molecule has 2 aliphatic rings. The molecule has 2 fully saturated rings. The van der Waals surface area contributed by atoms with Crippen LogP contribution in [0.4, 0.5) is 0 Å². The van der Waals surface area contributed by atoms with Crippen LogP contribution in [0.25, 0.3) is 0 Å². The van der Waals surface area contributed by atoms with Gasteiger partial charge in [-0.2, -0.15) is 0 Å². The molecule has 0 aromatic rings. The van der Waals surface area contributed by atoms with Gasteiger partial charge in [0.2, 0.25) is 0 Å². The first-order valence-electron chi connectivity index (χ1n) is 4.50. The average molecular weight is 170 g/mol. The van der Waals surface area contributed by atoms with Crippen LogP contribution in [0.3, 0.4) is 0 Å². The molecule has 0 amide bonds. The highest BCUT2D eigenvalue weighted by Crippen LogP contribution is 2.34. The van der Waals surface area contributed by atoms with Crippen LogP contribution in [0.2, 0.25) is 0 Å². The van der Waals surface area contributed by atoms with E-state index < -0.39 is 0 Å². The number of Topliss-reactive ketones (excluding diaryl/α,β-unsaturated/α-hetero) is 1. The van der Waals surface area contributed by atoms with Gasteiger partial charge in [-0.25, -0.2) is 0 Å². The number of carbonyl (C=O) groups excluding carboxylic acids is 1. The molecule has 1 heterocycles. The number of carbonyl (C=O) groups is 1. The second-order valence-corrected chi connectivity index (χ2v) is 3.54. The molecule has 0 aromatic carbocycles. The summed E-state index contributed by atoms with van der Waals surface area (Å²) in [6.07, 6.45) is 2.67. The van der Waals surface area contributed by atoms with Crippen molar-refractivity contribution in [3.63, 3.8) is 0 Å². The van der Waals surface area contributed by atoms with Crippen molar-refractivity contribution in [1.82, 2.24) is 0 Å². The lowest BCUT2D eigenvalue weighted by Gasteiger charge is -2.27. The van der Waals surface area contributed by atoms with Crippen LogP contribution in [0.1, 0.15) is 19.3 Å². The van der Waals surface area contributed by atoms with Gasteiger partial charge in [0.05, 0.1) is 6.10 Å². The Kier molecular flexibility index (Phi) is 2.15. The van der Waals surface area contributed by atoms with Crippen LogP contribution in [0, 0.1) is 5.92 Å². The minimum Gasteiger partial charge on any atom is -0.377 e. The number of hydrogen-bond acceptors (Lipinski definition) is 3. The average Bonchev–Trinajstić information content (AvgIpc) is 2.40. The third-order valence-electron chi connectivity index (χ3n) is 2.85. The number of fused-ring (bicyclic) bond motifs is 1. The topological polar surface area (TPSA) is 35.5 Å². The van der Waals surface area contributed by atoms with Gasteiger partial charge in [-0.05, 0) is 12.8 Å². The van der Waals surface area contributed by atoms with Gasteiger partial charge in [0.1, 0.15) is 6.10 Å². The Bertz CT molecular complexity index is 190. The molecule has 0 bridgehead atoms. The highest BCUT2D eigenvalue weighted by molar-refractivity contribution is 5.86. The van der Waals surface area contributed by atoms with Crippen LogP contribution in [-0.2, 0) is 14.3 Å². The van der Waals surface area contributed by atoms with Crippen molar-refractivity contribution in [1.29, 1.82) is 0 Å². The Hall–Kier alpha value is -0.410. The predicted octanol–water partition coefficient (Wildman–Crippen LogP) is 0.769. The maximum atomic E-state index is 11.4. The third-order valence-corrected chi connectivity index (χ3v) is 2.85. The summed E-state index contributed by atoms with van der Waals surface area (Å²) < 4.78 is 10.7. The fourth-order valence-corrected chi connectivity index (χ4v) is 2.28. The molecule has 68 valence electrons. The van der Waals surface area contributed by atoms with Gasteiger partial charge in [0.15, 0.2) is 5.78 Å². The molecule has 0 unspecified atom stereocenters. The molecule has 0 aromatic heterocycles. The van der Waals surface area contributed by atoms with Gasteiger partial charge < -0.3 is 9.47 Å². The molecular formula is C9H14O3. The number of ketones is 1. The standard InChI is InChI=1S/C9H14O3/c1-11-9-6-3-2-4-12-8(6)5-7(9)10/h6,8-9H,2-5H2,1H3/t6-,8-,9-/m0/s1. The predicted molar refractivity (Wildman–Crippen MR) is 42.9 cm³/mol. The van der Waals surface area contributed by atoms with Crippen LogP contribution >= 0.6 is 0 Å². The van der Waals surface area contributed by atoms with E-state index >= 15 is 0 Å². The maximum Gasteiger partial charge on any atom is 0.164 e. The van der Waals surface area contributed by atoms with Crippen molar-refractivity contribution in [2.45, 2.75) is 31.5 Å². The van der Waals surface area contributed by atoms with E-state index in [1.54, 1.807) is 7.11 Å². The fourth-order valence-electron chi connectivity index (χ4n) is 2.28. The van der Waals surface area contributed by atoms with E-state index in [2.05, 4.69) is 0 Å². The van der Waals surface area contributed by atoms with Crippen molar-refractivity contribution in [2.24, 2.45) is 5.92 Å². The molecule has 3 atom stereocenters. The molecule has 1 aliphatic carbocycles. The van der Waals surface area contributed by atoms with Crippen LogP contribution in [0.15, 0.2) is 0 Å². The molecule has 3 nitrogen and oxygen atoms in total. The number of rotatable bonds is 1. The normalized spacial score (nSPS) is 41.4. The van der Waals surface area contributed by atoms with Crippen molar-refractivity contribution in [3.05, 3.63) is 0 Å². The zero-order chi connectivity index (χ0) is 8.55. The Balaban J connectivity index is 2.10. The largest absolute Gasteiger partial charge is 0.377 e. The Labute approximate surface area is 72.0 Å². The van der Waals surface area contributed by atoms with Crippen LogP contribution in [-0.4, -0.2) is 31.7 Å². The first-order valence-corrected chi connectivity index (χ1v) is 4.50.